The van der Waals surface area contributed by atoms with Gasteiger partial charge in [0.1, 0.15) is 5.60 Å². The van der Waals surface area contributed by atoms with Gasteiger partial charge in [0.15, 0.2) is 0 Å². The second kappa shape index (κ2) is 6.93. The summed E-state index contributed by atoms with van der Waals surface area (Å²) >= 11 is 0. The summed E-state index contributed by atoms with van der Waals surface area (Å²) in [7, 11) is 0. The molecule has 25 heavy (non-hydrogen) atoms. The Morgan fingerprint density at radius 3 is 2.32 bits per heavy atom. The van der Waals surface area contributed by atoms with Crippen molar-refractivity contribution in [3.8, 4) is 0 Å². The fourth-order valence-corrected chi connectivity index (χ4v) is 2.56. The normalized spacial score (nSPS) is 19.2. The highest BCUT2D eigenvalue weighted by molar-refractivity contribution is 5.79. The largest absolute Gasteiger partial charge is 0.444 e. The van der Waals surface area contributed by atoms with Gasteiger partial charge in [-0.05, 0) is 38.5 Å². The van der Waals surface area contributed by atoms with Gasteiger partial charge < -0.3 is 10.1 Å². The van der Waals surface area contributed by atoms with Crippen LogP contribution in [0.1, 0.15) is 44.4 Å². The summed E-state index contributed by atoms with van der Waals surface area (Å²) in [4.78, 5) is 25.7. The highest BCUT2D eigenvalue weighted by Gasteiger charge is 2.34. The Bertz CT molecular complexity index is 636. The van der Waals surface area contributed by atoms with E-state index < -0.39 is 29.5 Å². The number of ether oxygens (including phenoxy) is 1. The lowest BCUT2D eigenvalue weighted by Crippen LogP contribution is -2.40. The van der Waals surface area contributed by atoms with E-state index >= 15 is 0 Å². The molecule has 2 rings (SSSR count). The molecule has 0 saturated carbocycles. The lowest BCUT2D eigenvalue weighted by molar-refractivity contribution is -0.137. The van der Waals surface area contributed by atoms with E-state index in [0.29, 0.717) is 5.56 Å². The summed E-state index contributed by atoms with van der Waals surface area (Å²) in [5.41, 5.74) is -1.04. The van der Waals surface area contributed by atoms with Crippen LogP contribution in [0, 0.1) is 0 Å². The first-order valence-corrected chi connectivity index (χ1v) is 7.91. The van der Waals surface area contributed by atoms with Crippen LogP contribution in [-0.4, -0.2) is 35.6 Å². The molecule has 5 nitrogen and oxygen atoms in total. The van der Waals surface area contributed by atoms with Crippen molar-refractivity contribution in [3.05, 3.63) is 35.4 Å². The van der Waals surface area contributed by atoms with Crippen molar-refractivity contribution in [1.29, 1.82) is 0 Å². The molecule has 1 heterocycles. The van der Waals surface area contributed by atoms with Crippen LogP contribution in [0.25, 0.3) is 0 Å². The van der Waals surface area contributed by atoms with Crippen LogP contribution in [0.3, 0.4) is 0 Å². The molecular weight excluding hydrogens is 337 g/mol. The van der Waals surface area contributed by atoms with Gasteiger partial charge in [0.25, 0.3) is 0 Å². The van der Waals surface area contributed by atoms with Crippen molar-refractivity contribution >= 4 is 12.0 Å². The molecule has 1 atom stereocenters. The minimum absolute atomic E-state index is 0.0371. The van der Waals surface area contributed by atoms with Crippen LogP contribution < -0.4 is 5.32 Å². The number of hydrogen-bond donors (Lipinski definition) is 1. The molecule has 0 bridgehead atoms. The number of benzene rings is 1. The van der Waals surface area contributed by atoms with Crippen molar-refractivity contribution in [1.82, 2.24) is 10.2 Å². The Labute approximate surface area is 144 Å². The first-order chi connectivity index (χ1) is 11.5. The van der Waals surface area contributed by atoms with Crippen molar-refractivity contribution in [2.45, 2.75) is 45.0 Å². The number of nitrogens with one attached hydrogen (secondary N) is 1. The topological polar surface area (TPSA) is 58.6 Å². The molecular formula is C17H21F3N2O3. The zero-order valence-corrected chi connectivity index (χ0v) is 14.3. The molecule has 1 aromatic rings. The fourth-order valence-electron chi connectivity index (χ4n) is 2.56. The number of halogens is 3. The molecule has 138 valence electrons. The molecule has 1 unspecified atom stereocenters. The Kier molecular flexibility index (Phi) is 5.29. The third kappa shape index (κ3) is 5.11. The van der Waals surface area contributed by atoms with Crippen molar-refractivity contribution in [2.75, 3.05) is 13.1 Å². The van der Waals surface area contributed by atoms with E-state index in [1.165, 1.54) is 17.0 Å². The number of nitrogens with zero attached hydrogens (tertiary/aromatic N) is 1. The van der Waals surface area contributed by atoms with Gasteiger partial charge in [0, 0.05) is 13.1 Å². The van der Waals surface area contributed by atoms with Crippen LogP contribution >= 0.6 is 0 Å². The van der Waals surface area contributed by atoms with Gasteiger partial charge in [-0.1, -0.05) is 12.1 Å². The third-order valence-electron chi connectivity index (χ3n) is 3.68. The van der Waals surface area contributed by atoms with Crippen molar-refractivity contribution in [2.24, 2.45) is 0 Å². The van der Waals surface area contributed by atoms with E-state index in [4.69, 9.17) is 4.74 Å². The molecule has 0 radical (unpaired) electrons. The minimum atomic E-state index is -4.44. The first-order valence-electron chi connectivity index (χ1n) is 7.91. The summed E-state index contributed by atoms with van der Waals surface area (Å²) in [6.07, 6.45) is -5.08. The Morgan fingerprint density at radius 1 is 1.20 bits per heavy atom. The summed E-state index contributed by atoms with van der Waals surface area (Å²) in [6, 6.07) is 3.81. The van der Waals surface area contributed by atoms with E-state index in [-0.39, 0.29) is 25.4 Å². The lowest BCUT2D eigenvalue weighted by Gasteiger charge is -2.32. The van der Waals surface area contributed by atoms with Crippen LogP contribution in [0.2, 0.25) is 0 Å². The minimum Gasteiger partial charge on any atom is -0.444 e. The Hall–Kier alpha value is -2.25. The molecule has 1 fully saturated rings. The lowest BCUT2D eigenvalue weighted by atomic mass is 10.0. The molecule has 1 aromatic carbocycles. The monoisotopic (exact) mass is 358 g/mol. The molecule has 1 N–H and O–H groups in total. The maximum Gasteiger partial charge on any atom is 0.416 e. The number of carbonyl (C=O) groups is 2. The maximum atomic E-state index is 12.7. The van der Waals surface area contributed by atoms with E-state index in [1.807, 2.05) is 0 Å². The van der Waals surface area contributed by atoms with E-state index in [9.17, 15) is 22.8 Å². The molecule has 1 saturated heterocycles. The standard InChI is InChI=1S/C17H21F3N2O3/c1-16(2,3)25-15(24)22-9-8-21-14(23)10-13(22)11-4-6-12(7-5-11)17(18,19)20/h4-7,13H,8-10H2,1-3H3,(H,21,23). The summed E-state index contributed by atoms with van der Waals surface area (Å²) in [5.74, 6) is -0.268. The third-order valence-corrected chi connectivity index (χ3v) is 3.68. The molecule has 2 amide bonds. The molecule has 0 spiro atoms. The van der Waals surface area contributed by atoms with Gasteiger partial charge in [0.05, 0.1) is 18.0 Å². The van der Waals surface area contributed by atoms with Gasteiger partial charge in [0.2, 0.25) is 5.91 Å². The summed E-state index contributed by atoms with van der Waals surface area (Å²) < 4.78 is 43.6. The highest BCUT2D eigenvalue weighted by Crippen LogP contribution is 2.32. The van der Waals surface area contributed by atoms with E-state index in [0.717, 1.165) is 12.1 Å². The smallest absolute Gasteiger partial charge is 0.416 e. The number of hydrogen-bond acceptors (Lipinski definition) is 3. The van der Waals surface area contributed by atoms with Crippen molar-refractivity contribution in [3.63, 3.8) is 0 Å². The number of alkyl halides is 3. The van der Waals surface area contributed by atoms with Gasteiger partial charge in [-0.2, -0.15) is 13.2 Å². The van der Waals surface area contributed by atoms with E-state index in [2.05, 4.69) is 5.32 Å². The molecule has 8 heteroatoms. The average molecular weight is 358 g/mol. The zero-order chi connectivity index (χ0) is 18.8. The van der Waals surface area contributed by atoms with Crippen LogP contribution in [-0.2, 0) is 15.7 Å². The predicted molar refractivity (Wildman–Crippen MR) is 84.8 cm³/mol. The van der Waals surface area contributed by atoms with E-state index in [1.54, 1.807) is 20.8 Å². The summed E-state index contributed by atoms with van der Waals surface area (Å²) in [5, 5.41) is 2.66. The number of carbonyl (C=O) groups excluding carboxylic acids is 2. The molecule has 0 aliphatic carbocycles. The Morgan fingerprint density at radius 2 is 1.80 bits per heavy atom. The second-order valence-electron chi connectivity index (χ2n) is 6.86. The zero-order valence-electron chi connectivity index (χ0n) is 14.3. The molecule has 0 aromatic heterocycles. The highest BCUT2D eigenvalue weighted by atomic mass is 19.4. The number of rotatable bonds is 1. The average Bonchev–Trinajstić information content (AvgIpc) is 2.66. The first kappa shape index (κ1) is 19.1. The molecule has 1 aliphatic rings. The summed E-state index contributed by atoms with van der Waals surface area (Å²) in [6.45, 7) is 5.64. The van der Waals surface area contributed by atoms with Crippen LogP contribution in [0.4, 0.5) is 18.0 Å². The predicted octanol–water partition coefficient (Wildman–Crippen LogP) is 3.50. The molecule has 1 aliphatic heterocycles. The number of amides is 2. The maximum absolute atomic E-state index is 12.7. The van der Waals surface area contributed by atoms with Crippen molar-refractivity contribution < 1.29 is 27.5 Å². The van der Waals surface area contributed by atoms with Gasteiger partial charge >= 0.3 is 12.3 Å². The van der Waals surface area contributed by atoms with Gasteiger partial charge in [-0.25, -0.2) is 4.79 Å². The van der Waals surface area contributed by atoms with Gasteiger partial charge in [-0.15, -0.1) is 0 Å². The SMILES string of the molecule is CC(C)(C)OC(=O)N1CCNC(=O)CC1c1ccc(C(F)(F)F)cc1. The van der Waals surface area contributed by atoms with Gasteiger partial charge in [-0.3, -0.25) is 9.69 Å². The fraction of sp³-hybridized carbons (Fsp3) is 0.529. The Balaban J connectivity index is 2.31. The quantitative estimate of drug-likeness (QED) is 0.836. The second-order valence-corrected chi connectivity index (χ2v) is 6.86. The van der Waals surface area contributed by atoms with Crippen LogP contribution in [0.5, 0.6) is 0 Å². The van der Waals surface area contributed by atoms with Crippen LogP contribution in [0.15, 0.2) is 24.3 Å².